The molecule has 4 rings (SSSR count). The van der Waals surface area contributed by atoms with Gasteiger partial charge in [0.05, 0.1) is 18.9 Å². The average molecular weight is 416 g/mol. The molecule has 0 spiro atoms. The lowest BCUT2D eigenvalue weighted by Gasteiger charge is -2.43. The number of ether oxygens (including phenoxy) is 1. The van der Waals surface area contributed by atoms with Crippen LogP contribution in [-0.2, 0) is 32.1 Å². The minimum Gasteiger partial charge on any atom is -0.469 e. The molecule has 3 atom stereocenters. The summed E-state index contributed by atoms with van der Waals surface area (Å²) in [6.07, 6.45) is 2.53. The molecule has 2 fully saturated rings. The Labute approximate surface area is 175 Å². The first-order chi connectivity index (χ1) is 14.0. The van der Waals surface area contributed by atoms with E-state index in [1.54, 1.807) is 4.90 Å². The van der Waals surface area contributed by atoms with E-state index in [2.05, 4.69) is 11.4 Å². The number of methoxy groups -OCH3 is 1. The second-order valence-electron chi connectivity index (χ2n) is 7.95. The first-order valence-corrected chi connectivity index (χ1v) is 10.4. The highest BCUT2D eigenvalue weighted by atomic mass is 32.1. The smallest absolute Gasteiger partial charge is 0.308 e. The first-order valence-electron chi connectivity index (χ1n) is 10.0. The number of carbonyl (C=O) groups is 3. The van der Waals surface area contributed by atoms with Crippen molar-refractivity contribution in [3.8, 4) is 0 Å². The zero-order chi connectivity index (χ0) is 20.5. The largest absolute Gasteiger partial charge is 0.469 e. The number of amides is 2. The van der Waals surface area contributed by atoms with E-state index >= 15 is 0 Å². The predicted molar refractivity (Wildman–Crippen MR) is 110 cm³/mol. The van der Waals surface area contributed by atoms with E-state index in [0.717, 1.165) is 12.0 Å². The molecule has 1 N–H and O–H groups in total. The van der Waals surface area contributed by atoms with E-state index in [0.29, 0.717) is 32.4 Å². The molecule has 1 aliphatic carbocycles. The fourth-order valence-corrected chi connectivity index (χ4v) is 4.94. The molecule has 8 heteroatoms. The van der Waals surface area contributed by atoms with Crippen LogP contribution in [0.5, 0.6) is 0 Å². The van der Waals surface area contributed by atoms with E-state index in [9.17, 15) is 14.4 Å². The fourth-order valence-electron chi connectivity index (χ4n) is 4.64. The van der Waals surface area contributed by atoms with E-state index in [1.807, 2.05) is 18.2 Å². The van der Waals surface area contributed by atoms with Crippen LogP contribution in [0.2, 0.25) is 0 Å². The molecule has 3 unspecified atom stereocenters. The van der Waals surface area contributed by atoms with Gasteiger partial charge in [-0.15, -0.1) is 0 Å². The Balaban J connectivity index is 1.40. The number of fused-ring (bicyclic) bond motifs is 2. The highest BCUT2D eigenvalue weighted by molar-refractivity contribution is 7.80. The van der Waals surface area contributed by atoms with Gasteiger partial charge in [0.1, 0.15) is 6.54 Å². The Morgan fingerprint density at radius 1 is 1.24 bits per heavy atom. The third-order valence-electron chi connectivity index (χ3n) is 6.30. The molecule has 1 aromatic rings. The van der Waals surface area contributed by atoms with Crippen LogP contribution < -0.4 is 5.32 Å². The van der Waals surface area contributed by atoms with Gasteiger partial charge < -0.3 is 15.0 Å². The van der Waals surface area contributed by atoms with Crippen molar-refractivity contribution in [2.45, 2.75) is 38.3 Å². The number of esters is 1. The summed E-state index contributed by atoms with van der Waals surface area (Å²) in [4.78, 5) is 41.0. The molecule has 29 heavy (non-hydrogen) atoms. The van der Waals surface area contributed by atoms with Crippen molar-refractivity contribution in [2.75, 3.05) is 20.2 Å². The molecule has 0 aromatic heterocycles. The maximum atomic E-state index is 13.0. The van der Waals surface area contributed by atoms with Crippen LogP contribution >= 0.6 is 12.2 Å². The van der Waals surface area contributed by atoms with Crippen LogP contribution in [0.15, 0.2) is 24.3 Å². The standard InChI is InChI=1S/C21H25N3O4S/c1-28-20(27)14-6-7-16-17(10-14)22-21(29)24(19(16)26)12-18(25)23-9-8-13-4-2-3-5-15(13)11-23/h2-5,14,16-17H,6-12H2,1H3,(H,22,29). The second kappa shape index (κ2) is 8.10. The molecule has 1 aromatic carbocycles. The summed E-state index contributed by atoms with van der Waals surface area (Å²) in [5.41, 5.74) is 2.42. The van der Waals surface area contributed by atoms with Crippen molar-refractivity contribution in [2.24, 2.45) is 11.8 Å². The number of carbonyl (C=O) groups excluding carboxylic acids is 3. The Morgan fingerprint density at radius 2 is 2.00 bits per heavy atom. The molecule has 0 bridgehead atoms. The molecule has 154 valence electrons. The highest BCUT2D eigenvalue weighted by Crippen LogP contribution is 2.33. The number of benzene rings is 1. The number of thiocarbonyl (C=S) groups is 1. The lowest BCUT2D eigenvalue weighted by molar-refractivity contribution is -0.149. The van der Waals surface area contributed by atoms with Gasteiger partial charge in [0.2, 0.25) is 11.8 Å². The highest BCUT2D eigenvalue weighted by Gasteiger charge is 2.45. The number of nitrogens with one attached hydrogen (secondary N) is 1. The number of nitrogens with zero attached hydrogens (tertiary/aromatic N) is 2. The zero-order valence-corrected chi connectivity index (χ0v) is 17.2. The average Bonchev–Trinajstić information content (AvgIpc) is 2.75. The number of rotatable bonds is 3. The minimum atomic E-state index is -0.266. The molecular formula is C21H25N3O4S. The summed E-state index contributed by atoms with van der Waals surface area (Å²) >= 11 is 5.40. The van der Waals surface area contributed by atoms with E-state index in [4.69, 9.17) is 17.0 Å². The maximum absolute atomic E-state index is 13.0. The molecule has 1 saturated carbocycles. The summed E-state index contributed by atoms with van der Waals surface area (Å²) in [7, 11) is 1.38. The lowest BCUT2D eigenvalue weighted by atomic mass is 9.76. The summed E-state index contributed by atoms with van der Waals surface area (Å²) in [5, 5.41) is 3.46. The minimum absolute atomic E-state index is 0.0452. The van der Waals surface area contributed by atoms with Crippen LogP contribution in [0.25, 0.3) is 0 Å². The summed E-state index contributed by atoms with van der Waals surface area (Å²) < 4.78 is 4.84. The molecule has 2 amide bonds. The van der Waals surface area contributed by atoms with Gasteiger partial charge in [-0.05, 0) is 49.0 Å². The van der Waals surface area contributed by atoms with Gasteiger partial charge in [-0.25, -0.2) is 0 Å². The van der Waals surface area contributed by atoms with Crippen LogP contribution in [0, 0.1) is 11.8 Å². The van der Waals surface area contributed by atoms with Gasteiger partial charge in [-0.1, -0.05) is 24.3 Å². The van der Waals surface area contributed by atoms with Crippen molar-refractivity contribution < 1.29 is 19.1 Å². The van der Waals surface area contributed by atoms with Crippen molar-refractivity contribution >= 4 is 35.1 Å². The summed E-state index contributed by atoms with van der Waals surface area (Å²) in [6.45, 7) is 1.16. The summed E-state index contributed by atoms with van der Waals surface area (Å²) in [5.74, 6) is -0.943. The van der Waals surface area contributed by atoms with Crippen LogP contribution in [0.3, 0.4) is 0 Å². The quantitative estimate of drug-likeness (QED) is 0.591. The molecule has 1 saturated heterocycles. The van der Waals surface area contributed by atoms with Gasteiger partial charge >= 0.3 is 5.97 Å². The monoisotopic (exact) mass is 415 g/mol. The Hall–Kier alpha value is -2.48. The molecule has 0 radical (unpaired) electrons. The third kappa shape index (κ3) is 3.85. The lowest BCUT2D eigenvalue weighted by Crippen LogP contribution is -2.63. The number of hydrogen-bond acceptors (Lipinski definition) is 5. The van der Waals surface area contributed by atoms with Crippen LogP contribution in [0.4, 0.5) is 0 Å². The van der Waals surface area contributed by atoms with Crippen molar-refractivity contribution in [1.29, 1.82) is 0 Å². The normalized spacial score (nSPS) is 26.3. The van der Waals surface area contributed by atoms with E-state index in [1.165, 1.54) is 17.6 Å². The van der Waals surface area contributed by atoms with Crippen LogP contribution in [0.1, 0.15) is 30.4 Å². The Kier molecular flexibility index (Phi) is 5.54. The van der Waals surface area contributed by atoms with Gasteiger partial charge in [-0.2, -0.15) is 0 Å². The van der Waals surface area contributed by atoms with Gasteiger partial charge in [0.15, 0.2) is 5.11 Å². The molecule has 3 aliphatic rings. The maximum Gasteiger partial charge on any atom is 0.308 e. The van der Waals surface area contributed by atoms with Crippen LogP contribution in [-0.4, -0.2) is 58.9 Å². The van der Waals surface area contributed by atoms with Crippen molar-refractivity contribution in [1.82, 2.24) is 15.1 Å². The topological polar surface area (TPSA) is 79.0 Å². The molecule has 2 aliphatic heterocycles. The van der Waals surface area contributed by atoms with Gasteiger partial charge in [0, 0.05) is 19.1 Å². The number of hydrogen-bond donors (Lipinski definition) is 1. The summed E-state index contributed by atoms with van der Waals surface area (Å²) in [6, 6.07) is 7.94. The SMILES string of the molecule is COC(=O)C1CCC2C(=O)N(CC(=O)N3CCc4ccccc4C3)C(=S)NC2C1. The first kappa shape index (κ1) is 19.8. The third-order valence-corrected chi connectivity index (χ3v) is 6.64. The Morgan fingerprint density at radius 3 is 2.76 bits per heavy atom. The van der Waals surface area contributed by atoms with Gasteiger partial charge in [-0.3, -0.25) is 19.3 Å². The van der Waals surface area contributed by atoms with E-state index in [-0.39, 0.29) is 47.3 Å². The molecule has 7 nitrogen and oxygen atoms in total. The zero-order valence-electron chi connectivity index (χ0n) is 16.4. The molecular weight excluding hydrogens is 390 g/mol. The van der Waals surface area contributed by atoms with E-state index < -0.39 is 0 Å². The van der Waals surface area contributed by atoms with Crippen molar-refractivity contribution in [3.05, 3.63) is 35.4 Å². The van der Waals surface area contributed by atoms with Crippen molar-refractivity contribution in [3.63, 3.8) is 0 Å². The van der Waals surface area contributed by atoms with Gasteiger partial charge in [0.25, 0.3) is 0 Å². The fraction of sp³-hybridized carbons (Fsp3) is 0.524. The Bertz CT molecular complexity index is 858. The molecule has 2 heterocycles. The second-order valence-corrected chi connectivity index (χ2v) is 8.34. The predicted octanol–water partition coefficient (Wildman–Crippen LogP) is 1.25.